The number of rotatable bonds is 7. The summed E-state index contributed by atoms with van der Waals surface area (Å²) in [4.78, 5) is 0. The third-order valence-electron chi connectivity index (χ3n) is 4.17. The second kappa shape index (κ2) is 7.83. The first-order valence-electron chi connectivity index (χ1n) is 7.70. The molecule has 2 unspecified atom stereocenters. The molecule has 0 radical (unpaired) electrons. The van der Waals surface area contributed by atoms with Crippen LogP contribution in [0.15, 0.2) is 18.2 Å². The van der Waals surface area contributed by atoms with E-state index in [0.29, 0.717) is 11.5 Å². The summed E-state index contributed by atoms with van der Waals surface area (Å²) in [6.45, 7) is 6.07. The maximum absolute atomic E-state index is 12.8. The van der Waals surface area contributed by atoms with Crippen LogP contribution in [0.25, 0.3) is 0 Å². The highest BCUT2D eigenvalue weighted by molar-refractivity contribution is 5.35. The van der Waals surface area contributed by atoms with Crippen molar-refractivity contribution in [1.82, 2.24) is 5.32 Å². The van der Waals surface area contributed by atoms with E-state index in [-0.39, 0.29) is 6.04 Å². The lowest BCUT2D eigenvalue weighted by Gasteiger charge is -2.28. The van der Waals surface area contributed by atoms with Crippen LogP contribution in [0.2, 0.25) is 0 Å². The predicted octanol–water partition coefficient (Wildman–Crippen LogP) is 5.49. The van der Waals surface area contributed by atoms with E-state index in [1.54, 1.807) is 13.0 Å². The Morgan fingerprint density at radius 1 is 1.19 bits per heavy atom. The third kappa shape index (κ3) is 4.73. The number of benzene rings is 1. The van der Waals surface area contributed by atoms with E-state index in [1.807, 2.05) is 7.05 Å². The fourth-order valence-corrected chi connectivity index (χ4v) is 2.92. The van der Waals surface area contributed by atoms with Gasteiger partial charge in [0.15, 0.2) is 0 Å². The molecular weight excluding hydrogens is 275 g/mol. The van der Waals surface area contributed by atoms with Crippen LogP contribution in [-0.4, -0.2) is 7.05 Å². The summed E-state index contributed by atoms with van der Waals surface area (Å²) in [7, 11) is 1.89. The Balaban J connectivity index is 3.05. The normalized spacial score (nSPS) is 15.0. The number of hydrogen-bond donors (Lipinski definition) is 1. The van der Waals surface area contributed by atoms with Crippen molar-refractivity contribution < 1.29 is 13.2 Å². The van der Waals surface area contributed by atoms with E-state index < -0.39 is 11.7 Å². The van der Waals surface area contributed by atoms with Gasteiger partial charge in [0.25, 0.3) is 0 Å². The minimum Gasteiger partial charge on any atom is -0.313 e. The van der Waals surface area contributed by atoms with Crippen molar-refractivity contribution in [2.45, 2.75) is 58.7 Å². The first-order chi connectivity index (χ1) is 9.85. The van der Waals surface area contributed by atoms with Gasteiger partial charge in [0.2, 0.25) is 0 Å². The molecule has 0 amide bonds. The maximum Gasteiger partial charge on any atom is 0.416 e. The highest BCUT2D eigenvalue weighted by Gasteiger charge is 2.31. The van der Waals surface area contributed by atoms with Crippen LogP contribution in [0.4, 0.5) is 13.2 Å². The van der Waals surface area contributed by atoms with E-state index in [1.165, 1.54) is 12.1 Å². The molecule has 120 valence electrons. The number of halogens is 3. The maximum atomic E-state index is 12.8. The third-order valence-corrected chi connectivity index (χ3v) is 4.17. The van der Waals surface area contributed by atoms with Gasteiger partial charge in [0.1, 0.15) is 0 Å². The molecule has 1 N–H and O–H groups in total. The molecule has 0 heterocycles. The highest BCUT2D eigenvalue weighted by atomic mass is 19.4. The Morgan fingerprint density at radius 2 is 1.86 bits per heavy atom. The van der Waals surface area contributed by atoms with Crippen molar-refractivity contribution in [3.05, 3.63) is 34.9 Å². The van der Waals surface area contributed by atoms with Gasteiger partial charge in [-0.3, -0.25) is 0 Å². The summed E-state index contributed by atoms with van der Waals surface area (Å²) in [6, 6.07) is 4.20. The Morgan fingerprint density at radius 3 is 2.29 bits per heavy atom. The van der Waals surface area contributed by atoms with Crippen LogP contribution >= 0.6 is 0 Å². The van der Waals surface area contributed by atoms with Crippen LogP contribution in [0, 0.1) is 12.8 Å². The van der Waals surface area contributed by atoms with E-state index >= 15 is 0 Å². The fourth-order valence-electron chi connectivity index (χ4n) is 2.92. The minimum absolute atomic E-state index is 0.115. The van der Waals surface area contributed by atoms with Crippen molar-refractivity contribution >= 4 is 0 Å². The summed E-state index contributed by atoms with van der Waals surface area (Å²) in [5.74, 6) is 0.449. The molecule has 0 bridgehead atoms. The molecule has 0 aliphatic rings. The summed E-state index contributed by atoms with van der Waals surface area (Å²) in [6.07, 6.45) is 0.130. The van der Waals surface area contributed by atoms with Crippen molar-refractivity contribution in [2.24, 2.45) is 5.92 Å². The average Bonchev–Trinajstić information content (AvgIpc) is 2.43. The van der Waals surface area contributed by atoms with Crippen LogP contribution in [0.5, 0.6) is 0 Å². The topological polar surface area (TPSA) is 12.0 Å². The second-order valence-electron chi connectivity index (χ2n) is 5.65. The largest absolute Gasteiger partial charge is 0.416 e. The molecule has 0 aromatic heterocycles. The zero-order valence-corrected chi connectivity index (χ0v) is 13.3. The van der Waals surface area contributed by atoms with Gasteiger partial charge in [0.05, 0.1) is 5.56 Å². The van der Waals surface area contributed by atoms with E-state index in [4.69, 9.17) is 0 Å². The van der Waals surface area contributed by atoms with Gasteiger partial charge >= 0.3 is 6.18 Å². The molecule has 1 aromatic carbocycles. The molecule has 0 fully saturated rings. The number of aryl methyl sites for hydroxylation is 1. The van der Waals surface area contributed by atoms with Crippen molar-refractivity contribution in [2.75, 3.05) is 7.05 Å². The average molecular weight is 301 g/mol. The van der Waals surface area contributed by atoms with Crippen LogP contribution < -0.4 is 5.32 Å². The van der Waals surface area contributed by atoms with Crippen LogP contribution in [0.1, 0.15) is 62.3 Å². The molecule has 0 aliphatic heterocycles. The lowest BCUT2D eigenvalue weighted by molar-refractivity contribution is -0.137. The zero-order chi connectivity index (χ0) is 16.0. The monoisotopic (exact) mass is 301 g/mol. The standard InChI is InChI=1S/C17H26F3N/c1-5-7-8-13(6-2)16(21-4)15-10-9-14(11-12(15)3)17(18,19)20/h9-11,13,16,21H,5-8H2,1-4H3. The number of alkyl halides is 3. The summed E-state index contributed by atoms with van der Waals surface area (Å²) in [5, 5.41) is 3.30. The van der Waals surface area contributed by atoms with E-state index in [0.717, 1.165) is 31.2 Å². The lowest BCUT2D eigenvalue weighted by Crippen LogP contribution is -2.26. The molecular formula is C17H26F3N. The first kappa shape index (κ1) is 18.0. The van der Waals surface area contributed by atoms with Gasteiger partial charge < -0.3 is 5.32 Å². The quantitative estimate of drug-likeness (QED) is 0.702. The molecule has 21 heavy (non-hydrogen) atoms. The van der Waals surface area contributed by atoms with E-state index in [2.05, 4.69) is 19.2 Å². The SMILES string of the molecule is CCCCC(CC)C(NC)c1ccc(C(F)(F)F)cc1C. The summed E-state index contributed by atoms with van der Waals surface area (Å²) in [5.41, 5.74) is 1.12. The molecule has 0 saturated heterocycles. The summed E-state index contributed by atoms with van der Waals surface area (Å²) < 4.78 is 38.3. The Bertz CT molecular complexity index is 440. The number of unbranched alkanes of at least 4 members (excludes halogenated alkanes) is 1. The molecule has 1 aromatic rings. The van der Waals surface area contributed by atoms with Crippen LogP contribution in [0.3, 0.4) is 0 Å². The minimum atomic E-state index is -4.27. The van der Waals surface area contributed by atoms with Gasteiger partial charge in [-0.1, -0.05) is 39.2 Å². The molecule has 0 aliphatic carbocycles. The Labute approximate surface area is 125 Å². The van der Waals surface area contributed by atoms with E-state index in [9.17, 15) is 13.2 Å². The molecule has 0 saturated carbocycles. The van der Waals surface area contributed by atoms with Gasteiger partial charge in [0, 0.05) is 6.04 Å². The lowest BCUT2D eigenvalue weighted by atomic mass is 9.85. The Kier molecular flexibility index (Phi) is 6.72. The second-order valence-corrected chi connectivity index (χ2v) is 5.65. The highest BCUT2D eigenvalue weighted by Crippen LogP contribution is 2.35. The van der Waals surface area contributed by atoms with Crippen molar-refractivity contribution in [1.29, 1.82) is 0 Å². The van der Waals surface area contributed by atoms with Gasteiger partial charge in [-0.2, -0.15) is 13.2 Å². The molecule has 2 atom stereocenters. The fraction of sp³-hybridized carbons (Fsp3) is 0.647. The first-order valence-corrected chi connectivity index (χ1v) is 7.70. The summed E-state index contributed by atoms with van der Waals surface area (Å²) >= 11 is 0. The predicted molar refractivity (Wildman–Crippen MR) is 81.3 cm³/mol. The zero-order valence-electron chi connectivity index (χ0n) is 13.3. The molecule has 0 spiro atoms. The van der Waals surface area contributed by atoms with Gasteiger partial charge in [-0.25, -0.2) is 0 Å². The number of nitrogens with one attached hydrogen (secondary N) is 1. The van der Waals surface area contributed by atoms with Gasteiger partial charge in [-0.15, -0.1) is 0 Å². The molecule has 1 nitrogen and oxygen atoms in total. The van der Waals surface area contributed by atoms with Crippen molar-refractivity contribution in [3.63, 3.8) is 0 Å². The van der Waals surface area contributed by atoms with Crippen LogP contribution in [-0.2, 0) is 6.18 Å². The number of hydrogen-bond acceptors (Lipinski definition) is 1. The van der Waals surface area contributed by atoms with Crippen molar-refractivity contribution in [3.8, 4) is 0 Å². The Hall–Kier alpha value is -1.03. The van der Waals surface area contributed by atoms with Gasteiger partial charge in [-0.05, 0) is 49.6 Å². The molecule has 1 rings (SSSR count). The molecule has 4 heteroatoms. The smallest absolute Gasteiger partial charge is 0.313 e.